The molecular formula is C25H21ClN2O3. The summed E-state index contributed by atoms with van der Waals surface area (Å²) in [5, 5.41) is 12.9. The molecule has 3 aromatic carbocycles. The average molecular weight is 433 g/mol. The predicted molar refractivity (Wildman–Crippen MR) is 122 cm³/mol. The number of carbonyl (C=O) groups excluding carboxylic acids is 1. The average Bonchev–Trinajstić information content (AvgIpc) is 2.78. The minimum absolute atomic E-state index is 0.0138. The Kier molecular flexibility index (Phi) is 7.31. The Hall–Kier alpha value is -3.75. The van der Waals surface area contributed by atoms with Crippen molar-refractivity contribution in [2.45, 2.75) is 13.5 Å². The van der Waals surface area contributed by atoms with Gasteiger partial charge in [-0.25, -0.2) is 0 Å². The van der Waals surface area contributed by atoms with E-state index in [-0.39, 0.29) is 5.57 Å². The zero-order chi connectivity index (χ0) is 22.2. The van der Waals surface area contributed by atoms with E-state index < -0.39 is 5.91 Å². The molecule has 1 N–H and O–H groups in total. The summed E-state index contributed by atoms with van der Waals surface area (Å²) in [7, 11) is 1.54. The lowest BCUT2D eigenvalue weighted by Crippen LogP contribution is -2.14. The third-order valence-electron chi connectivity index (χ3n) is 4.56. The number of nitriles is 1. The molecule has 0 saturated heterocycles. The van der Waals surface area contributed by atoms with Crippen LogP contribution in [0.4, 0.5) is 5.69 Å². The number of rotatable bonds is 7. The van der Waals surface area contributed by atoms with E-state index in [2.05, 4.69) is 5.32 Å². The normalized spacial score (nSPS) is 10.8. The third kappa shape index (κ3) is 5.88. The van der Waals surface area contributed by atoms with Gasteiger partial charge in [0.15, 0.2) is 11.5 Å². The van der Waals surface area contributed by atoms with Gasteiger partial charge in [0.25, 0.3) is 5.91 Å². The number of benzene rings is 3. The Labute approximate surface area is 186 Å². The van der Waals surface area contributed by atoms with Gasteiger partial charge >= 0.3 is 0 Å². The largest absolute Gasteiger partial charge is 0.493 e. The van der Waals surface area contributed by atoms with Gasteiger partial charge in [-0.2, -0.15) is 5.26 Å². The summed E-state index contributed by atoms with van der Waals surface area (Å²) in [6.07, 6.45) is 1.51. The lowest BCUT2D eigenvalue weighted by molar-refractivity contribution is -0.112. The van der Waals surface area contributed by atoms with Crippen LogP contribution in [0.1, 0.15) is 16.7 Å². The molecule has 0 saturated carbocycles. The summed E-state index contributed by atoms with van der Waals surface area (Å²) in [5.74, 6) is 0.579. The molecular weight excluding hydrogens is 412 g/mol. The first-order chi connectivity index (χ1) is 15.0. The van der Waals surface area contributed by atoms with Crippen LogP contribution in [-0.4, -0.2) is 13.0 Å². The number of para-hydroxylation sites is 1. The predicted octanol–water partition coefficient (Wildman–Crippen LogP) is 5.78. The minimum atomic E-state index is -0.473. The van der Waals surface area contributed by atoms with Gasteiger partial charge < -0.3 is 14.8 Å². The first-order valence-corrected chi connectivity index (χ1v) is 9.92. The standard InChI is InChI=1S/C25H21ClN2O3/c1-17-5-3-4-6-22(17)28-25(29)20(15-27)13-19-9-12-23(24(14-19)30-2)31-16-18-7-10-21(26)11-8-18/h3-14H,16H2,1-2H3,(H,28,29). The Bertz CT molecular complexity index is 1150. The maximum absolute atomic E-state index is 12.5. The van der Waals surface area contributed by atoms with E-state index >= 15 is 0 Å². The van der Waals surface area contributed by atoms with Crippen LogP contribution < -0.4 is 14.8 Å². The summed E-state index contributed by atoms with van der Waals surface area (Å²) >= 11 is 5.90. The highest BCUT2D eigenvalue weighted by Gasteiger charge is 2.12. The Balaban J connectivity index is 1.75. The molecule has 5 nitrogen and oxygen atoms in total. The van der Waals surface area contributed by atoms with Crippen molar-refractivity contribution in [3.63, 3.8) is 0 Å². The van der Waals surface area contributed by atoms with Gasteiger partial charge in [-0.1, -0.05) is 48.0 Å². The quantitative estimate of drug-likeness (QED) is 0.379. The number of halogens is 1. The van der Waals surface area contributed by atoms with Crippen molar-refractivity contribution in [2.24, 2.45) is 0 Å². The number of anilines is 1. The Morgan fingerprint density at radius 3 is 2.52 bits per heavy atom. The molecule has 0 atom stereocenters. The Morgan fingerprint density at radius 1 is 1.10 bits per heavy atom. The fourth-order valence-electron chi connectivity index (χ4n) is 2.85. The molecule has 156 valence electrons. The van der Waals surface area contributed by atoms with Gasteiger partial charge in [0.05, 0.1) is 7.11 Å². The highest BCUT2D eigenvalue weighted by molar-refractivity contribution is 6.30. The van der Waals surface area contributed by atoms with Crippen LogP contribution in [0, 0.1) is 18.3 Å². The number of ether oxygens (including phenoxy) is 2. The summed E-state index contributed by atoms with van der Waals surface area (Å²) in [5.41, 5.74) is 3.18. The van der Waals surface area contributed by atoms with Crippen molar-refractivity contribution in [3.8, 4) is 17.6 Å². The fraction of sp³-hybridized carbons (Fsp3) is 0.120. The summed E-state index contributed by atoms with van der Waals surface area (Å²) in [6, 6.07) is 21.9. The van der Waals surface area contributed by atoms with Crippen molar-refractivity contribution >= 4 is 29.3 Å². The van der Waals surface area contributed by atoms with E-state index in [0.717, 1.165) is 11.1 Å². The second kappa shape index (κ2) is 10.3. The highest BCUT2D eigenvalue weighted by Crippen LogP contribution is 2.30. The van der Waals surface area contributed by atoms with Gasteiger partial charge in [-0.15, -0.1) is 0 Å². The maximum Gasteiger partial charge on any atom is 0.266 e. The van der Waals surface area contributed by atoms with E-state index in [0.29, 0.717) is 34.4 Å². The molecule has 6 heteroatoms. The van der Waals surface area contributed by atoms with E-state index in [4.69, 9.17) is 21.1 Å². The van der Waals surface area contributed by atoms with Crippen LogP contribution in [0.25, 0.3) is 6.08 Å². The van der Waals surface area contributed by atoms with E-state index in [1.807, 2.05) is 43.3 Å². The number of hydrogen-bond donors (Lipinski definition) is 1. The smallest absolute Gasteiger partial charge is 0.266 e. The molecule has 1 amide bonds. The topological polar surface area (TPSA) is 71.3 Å². The van der Waals surface area contributed by atoms with Gasteiger partial charge in [0, 0.05) is 10.7 Å². The molecule has 0 unspecified atom stereocenters. The third-order valence-corrected chi connectivity index (χ3v) is 4.82. The molecule has 0 aromatic heterocycles. The van der Waals surface area contributed by atoms with Gasteiger partial charge in [-0.05, 0) is 60.0 Å². The van der Waals surface area contributed by atoms with Crippen LogP contribution in [0.15, 0.2) is 72.3 Å². The fourth-order valence-corrected chi connectivity index (χ4v) is 2.98. The van der Waals surface area contributed by atoms with E-state index in [1.165, 1.54) is 13.2 Å². The second-order valence-electron chi connectivity index (χ2n) is 6.76. The van der Waals surface area contributed by atoms with Crippen molar-refractivity contribution in [1.29, 1.82) is 5.26 Å². The minimum Gasteiger partial charge on any atom is -0.493 e. The van der Waals surface area contributed by atoms with Crippen molar-refractivity contribution < 1.29 is 14.3 Å². The van der Waals surface area contributed by atoms with Gasteiger partial charge in [-0.3, -0.25) is 4.79 Å². The number of carbonyl (C=O) groups is 1. The first kappa shape index (κ1) is 21.9. The van der Waals surface area contributed by atoms with Gasteiger partial charge in [0.2, 0.25) is 0 Å². The maximum atomic E-state index is 12.5. The molecule has 0 radical (unpaired) electrons. The molecule has 0 heterocycles. The van der Waals surface area contributed by atoms with Crippen molar-refractivity contribution in [3.05, 3.63) is 94.0 Å². The molecule has 0 aliphatic rings. The van der Waals surface area contributed by atoms with Crippen LogP contribution in [-0.2, 0) is 11.4 Å². The van der Waals surface area contributed by atoms with Crippen LogP contribution in [0.2, 0.25) is 5.02 Å². The molecule has 0 bridgehead atoms. The number of nitrogens with one attached hydrogen (secondary N) is 1. The van der Waals surface area contributed by atoms with Crippen LogP contribution in [0.3, 0.4) is 0 Å². The van der Waals surface area contributed by atoms with Crippen LogP contribution in [0.5, 0.6) is 11.5 Å². The number of amides is 1. The molecule has 3 rings (SSSR count). The number of methoxy groups -OCH3 is 1. The number of hydrogen-bond acceptors (Lipinski definition) is 4. The SMILES string of the molecule is COc1cc(C=C(C#N)C(=O)Nc2ccccc2C)ccc1OCc1ccc(Cl)cc1. The summed E-state index contributed by atoms with van der Waals surface area (Å²) < 4.78 is 11.3. The highest BCUT2D eigenvalue weighted by atomic mass is 35.5. The molecule has 0 aliphatic heterocycles. The van der Waals surface area contributed by atoms with E-state index in [9.17, 15) is 10.1 Å². The second-order valence-corrected chi connectivity index (χ2v) is 7.20. The Morgan fingerprint density at radius 2 is 1.84 bits per heavy atom. The number of nitrogens with zero attached hydrogens (tertiary/aromatic N) is 1. The van der Waals surface area contributed by atoms with E-state index in [1.54, 1.807) is 36.4 Å². The number of aryl methyl sites for hydroxylation is 1. The van der Waals surface area contributed by atoms with Crippen LogP contribution >= 0.6 is 11.6 Å². The van der Waals surface area contributed by atoms with Crippen molar-refractivity contribution in [1.82, 2.24) is 0 Å². The molecule has 3 aromatic rings. The molecule has 0 spiro atoms. The summed E-state index contributed by atoms with van der Waals surface area (Å²) in [6.45, 7) is 2.24. The monoisotopic (exact) mass is 432 g/mol. The van der Waals surface area contributed by atoms with Crippen molar-refractivity contribution in [2.75, 3.05) is 12.4 Å². The van der Waals surface area contributed by atoms with Gasteiger partial charge in [0.1, 0.15) is 18.2 Å². The zero-order valence-corrected chi connectivity index (χ0v) is 17.9. The molecule has 0 fully saturated rings. The molecule has 0 aliphatic carbocycles. The first-order valence-electron chi connectivity index (χ1n) is 9.54. The lowest BCUT2D eigenvalue weighted by atomic mass is 10.1. The molecule has 31 heavy (non-hydrogen) atoms. The zero-order valence-electron chi connectivity index (χ0n) is 17.2. The summed E-state index contributed by atoms with van der Waals surface area (Å²) in [4.78, 5) is 12.5. The lowest BCUT2D eigenvalue weighted by Gasteiger charge is -2.12.